The van der Waals surface area contributed by atoms with E-state index in [9.17, 15) is 4.79 Å². The predicted octanol–water partition coefficient (Wildman–Crippen LogP) is 1.33. The molecular weight excluding hydrogens is 260 g/mol. The smallest absolute Gasteiger partial charge is 0.258 e. The van der Waals surface area contributed by atoms with Crippen LogP contribution < -0.4 is 20.5 Å². The lowest BCUT2D eigenvalue weighted by Crippen LogP contribution is -2.15. The molecule has 0 aliphatic heterocycles. The van der Waals surface area contributed by atoms with E-state index in [-0.39, 0.29) is 11.9 Å². The minimum Gasteiger partial charge on any atom is -0.481 e. The van der Waals surface area contributed by atoms with Gasteiger partial charge in [0, 0.05) is 11.3 Å². The Bertz CT molecular complexity index is 609. The van der Waals surface area contributed by atoms with Gasteiger partial charge >= 0.3 is 0 Å². The van der Waals surface area contributed by atoms with Gasteiger partial charge in [-0.15, -0.1) is 0 Å². The number of carbonyl (C=O) groups excluding carboxylic acids is 1. The molecule has 0 fully saturated rings. The van der Waals surface area contributed by atoms with Crippen molar-refractivity contribution in [2.45, 2.75) is 0 Å². The molecule has 2 aromatic rings. The van der Waals surface area contributed by atoms with Crippen molar-refractivity contribution >= 4 is 17.5 Å². The predicted molar refractivity (Wildman–Crippen MR) is 73.9 cm³/mol. The highest BCUT2D eigenvalue weighted by Crippen LogP contribution is 2.18. The van der Waals surface area contributed by atoms with Crippen LogP contribution in [0.1, 0.15) is 10.4 Å². The Morgan fingerprint density at radius 1 is 1.15 bits per heavy atom. The molecule has 104 valence electrons. The zero-order valence-electron chi connectivity index (χ0n) is 11.1. The van der Waals surface area contributed by atoms with E-state index in [1.807, 2.05) is 0 Å². The Labute approximate surface area is 115 Å². The molecule has 0 unspecified atom stereocenters. The maximum atomic E-state index is 12.0. The van der Waals surface area contributed by atoms with Gasteiger partial charge < -0.3 is 15.2 Å². The van der Waals surface area contributed by atoms with Gasteiger partial charge in [-0.05, 0) is 18.2 Å². The molecule has 7 heteroatoms. The van der Waals surface area contributed by atoms with Crippen molar-refractivity contribution in [3.05, 3.63) is 35.9 Å². The third-order valence-corrected chi connectivity index (χ3v) is 2.47. The average molecular weight is 274 g/mol. The van der Waals surface area contributed by atoms with Crippen LogP contribution in [-0.2, 0) is 0 Å². The number of aromatic nitrogens is 2. The van der Waals surface area contributed by atoms with Gasteiger partial charge in [0.15, 0.2) is 0 Å². The second-order valence-corrected chi connectivity index (χ2v) is 3.86. The topological polar surface area (TPSA) is 99.4 Å². The molecule has 1 aromatic carbocycles. The summed E-state index contributed by atoms with van der Waals surface area (Å²) in [5, 5.41) is 2.56. The summed E-state index contributed by atoms with van der Waals surface area (Å²) in [6.07, 6.45) is 0. The van der Waals surface area contributed by atoms with Crippen molar-refractivity contribution in [2.24, 2.45) is 0 Å². The largest absolute Gasteiger partial charge is 0.481 e. The fourth-order valence-electron chi connectivity index (χ4n) is 1.52. The summed E-state index contributed by atoms with van der Waals surface area (Å²) in [5.41, 5.74) is 6.54. The van der Waals surface area contributed by atoms with Crippen LogP contribution in [0.15, 0.2) is 30.3 Å². The lowest BCUT2D eigenvalue weighted by atomic mass is 10.2. The molecule has 0 aliphatic rings. The molecule has 20 heavy (non-hydrogen) atoms. The molecule has 1 heterocycles. The van der Waals surface area contributed by atoms with Gasteiger partial charge in [-0.3, -0.25) is 10.1 Å². The Hall–Kier alpha value is -2.83. The molecular formula is C13H14N4O3. The first-order valence-electron chi connectivity index (χ1n) is 5.76. The summed E-state index contributed by atoms with van der Waals surface area (Å²) < 4.78 is 10.0. The number of amides is 1. The third-order valence-electron chi connectivity index (χ3n) is 2.47. The standard InChI is InChI=1S/C13H14N4O3/c1-19-10-7-11(20-2)16-13(15-10)17-12(18)8-4-3-5-9(14)6-8/h3-7H,14H2,1-2H3,(H,15,16,17,18). The number of ether oxygens (including phenoxy) is 2. The third kappa shape index (κ3) is 3.14. The summed E-state index contributed by atoms with van der Waals surface area (Å²) in [6, 6.07) is 8.10. The van der Waals surface area contributed by atoms with Gasteiger partial charge in [-0.25, -0.2) is 0 Å². The summed E-state index contributed by atoms with van der Waals surface area (Å²) in [6.45, 7) is 0. The van der Waals surface area contributed by atoms with Crippen molar-refractivity contribution in [2.75, 3.05) is 25.3 Å². The van der Waals surface area contributed by atoms with E-state index in [0.717, 1.165) is 0 Å². The van der Waals surface area contributed by atoms with Gasteiger partial charge in [-0.2, -0.15) is 9.97 Å². The van der Waals surface area contributed by atoms with Crippen molar-refractivity contribution in [3.63, 3.8) is 0 Å². The number of rotatable bonds is 4. The van der Waals surface area contributed by atoms with E-state index in [2.05, 4.69) is 15.3 Å². The Kier molecular flexibility index (Phi) is 3.99. The molecule has 0 bridgehead atoms. The van der Waals surface area contributed by atoms with Gasteiger partial charge in [0.2, 0.25) is 17.7 Å². The number of nitrogen functional groups attached to an aromatic ring is 1. The first kappa shape index (κ1) is 13.6. The van der Waals surface area contributed by atoms with Gasteiger partial charge in [0.05, 0.1) is 20.3 Å². The van der Waals surface area contributed by atoms with Crippen molar-refractivity contribution in [3.8, 4) is 11.8 Å². The highest BCUT2D eigenvalue weighted by Gasteiger charge is 2.11. The summed E-state index contributed by atoms with van der Waals surface area (Å²) >= 11 is 0. The fourth-order valence-corrected chi connectivity index (χ4v) is 1.52. The molecule has 7 nitrogen and oxygen atoms in total. The highest BCUT2D eigenvalue weighted by molar-refractivity contribution is 6.03. The second-order valence-electron chi connectivity index (χ2n) is 3.86. The lowest BCUT2D eigenvalue weighted by Gasteiger charge is -2.07. The van der Waals surface area contributed by atoms with Crippen LogP contribution >= 0.6 is 0 Å². The van der Waals surface area contributed by atoms with Crippen molar-refractivity contribution < 1.29 is 14.3 Å². The van der Waals surface area contributed by atoms with Crippen LogP contribution in [0.3, 0.4) is 0 Å². The molecule has 0 spiro atoms. The van der Waals surface area contributed by atoms with Crippen LogP contribution in [-0.4, -0.2) is 30.1 Å². The monoisotopic (exact) mass is 274 g/mol. The van der Waals surface area contributed by atoms with Crippen LogP contribution in [0, 0.1) is 0 Å². The van der Waals surface area contributed by atoms with E-state index < -0.39 is 0 Å². The molecule has 0 saturated carbocycles. The first-order chi connectivity index (χ1) is 9.62. The number of methoxy groups -OCH3 is 2. The molecule has 1 aromatic heterocycles. The van der Waals surface area contributed by atoms with Gasteiger partial charge in [0.25, 0.3) is 5.91 Å². The summed E-state index contributed by atoms with van der Waals surface area (Å²) in [7, 11) is 2.93. The second kappa shape index (κ2) is 5.87. The van der Waals surface area contributed by atoms with Crippen LogP contribution in [0.5, 0.6) is 11.8 Å². The minimum absolute atomic E-state index is 0.0913. The number of hydrogen-bond acceptors (Lipinski definition) is 6. The Balaban J connectivity index is 2.23. The minimum atomic E-state index is -0.368. The number of hydrogen-bond donors (Lipinski definition) is 2. The number of nitrogens with two attached hydrogens (primary N) is 1. The summed E-state index contributed by atoms with van der Waals surface area (Å²) in [5.74, 6) is 0.306. The van der Waals surface area contributed by atoms with Crippen LogP contribution in [0.2, 0.25) is 0 Å². The van der Waals surface area contributed by atoms with E-state index in [0.29, 0.717) is 23.0 Å². The van der Waals surface area contributed by atoms with E-state index >= 15 is 0 Å². The number of carbonyl (C=O) groups is 1. The van der Waals surface area contributed by atoms with Crippen LogP contribution in [0.4, 0.5) is 11.6 Å². The molecule has 0 atom stereocenters. The Morgan fingerprint density at radius 3 is 2.35 bits per heavy atom. The number of benzene rings is 1. The lowest BCUT2D eigenvalue weighted by molar-refractivity contribution is 0.102. The van der Waals surface area contributed by atoms with E-state index in [4.69, 9.17) is 15.2 Å². The zero-order chi connectivity index (χ0) is 14.5. The van der Waals surface area contributed by atoms with E-state index in [1.165, 1.54) is 20.3 Å². The van der Waals surface area contributed by atoms with Crippen LogP contribution in [0.25, 0.3) is 0 Å². The molecule has 3 N–H and O–H groups in total. The molecule has 0 radical (unpaired) electrons. The van der Waals surface area contributed by atoms with E-state index in [1.54, 1.807) is 24.3 Å². The number of nitrogens with zero attached hydrogens (tertiary/aromatic N) is 2. The molecule has 1 amide bonds. The number of anilines is 2. The quantitative estimate of drug-likeness (QED) is 0.816. The number of nitrogens with one attached hydrogen (secondary N) is 1. The van der Waals surface area contributed by atoms with Crippen molar-refractivity contribution in [1.82, 2.24) is 9.97 Å². The summed E-state index contributed by atoms with van der Waals surface area (Å²) in [4.78, 5) is 20.1. The molecule has 0 aliphatic carbocycles. The SMILES string of the molecule is COc1cc(OC)nc(NC(=O)c2cccc(N)c2)n1. The Morgan fingerprint density at radius 2 is 1.80 bits per heavy atom. The van der Waals surface area contributed by atoms with Gasteiger partial charge in [0.1, 0.15) is 0 Å². The maximum absolute atomic E-state index is 12.0. The molecule has 0 saturated heterocycles. The normalized spacial score (nSPS) is 9.90. The van der Waals surface area contributed by atoms with Gasteiger partial charge in [-0.1, -0.05) is 6.07 Å². The molecule has 2 rings (SSSR count). The fraction of sp³-hybridized carbons (Fsp3) is 0.154. The zero-order valence-corrected chi connectivity index (χ0v) is 11.1. The maximum Gasteiger partial charge on any atom is 0.258 e. The average Bonchev–Trinajstić information content (AvgIpc) is 2.46. The van der Waals surface area contributed by atoms with Crippen molar-refractivity contribution in [1.29, 1.82) is 0 Å². The first-order valence-corrected chi connectivity index (χ1v) is 5.76. The highest BCUT2D eigenvalue weighted by atomic mass is 16.5.